The fraction of sp³-hybridized carbons (Fsp3) is 0.250. The number of hydrogen-bond acceptors (Lipinski definition) is 4. The van der Waals surface area contributed by atoms with Gasteiger partial charge in [-0.1, -0.05) is 36.3 Å². The van der Waals surface area contributed by atoms with Crippen LogP contribution in [0.2, 0.25) is 0 Å². The van der Waals surface area contributed by atoms with Crippen LogP contribution in [-0.4, -0.2) is 26.6 Å². The molecule has 0 saturated heterocycles. The Morgan fingerprint density at radius 2 is 2.00 bits per heavy atom. The van der Waals surface area contributed by atoms with E-state index in [1.165, 1.54) is 0 Å². The van der Waals surface area contributed by atoms with Gasteiger partial charge >= 0.3 is 0 Å². The maximum atomic E-state index is 5.47. The first-order valence-electron chi connectivity index (χ1n) is 8.57. The van der Waals surface area contributed by atoms with Gasteiger partial charge in [0.1, 0.15) is 0 Å². The maximum absolute atomic E-state index is 5.47. The molecule has 0 aliphatic carbocycles. The number of aromatic nitrogens is 3. The Balaban J connectivity index is 1.51. The molecule has 0 amide bonds. The van der Waals surface area contributed by atoms with E-state index in [1.807, 2.05) is 29.2 Å². The topological polar surface area (TPSA) is 52.3 Å². The Bertz CT molecular complexity index is 885. The lowest BCUT2D eigenvalue weighted by atomic mass is 10.0. The van der Waals surface area contributed by atoms with Crippen LogP contribution in [0.3, 0.4) is 0 Å². The maximum Gasteiger partial charge on any atom is 0.152 e. The first-order valence-corrected chi connectivity index (χ1v) is 8.57. The molecule has 1 aliphatic heterocycles. The second-order valence-corrected chi connectivity index (χ2v) is 6.19. The first-order chi connectivity index (χ1) is 12.3. The monoisotopic (exact) mass is 332 g/mol. The molecule has 0 spiro atoms. The summed E-state index contributed by atoms with van der Waals surface area (Å²) >= 11 is 0. The minimum absolute atomic E-state index is 0.0874. The average molecular weight is 332 g/mol. The first kappa shape index (κ1) is 15.6. The zero-order valence-electron chi connectivity index (χ0n) is 14.2. The molecule has 25 heavy (non-hydrogen) atoms. The Kier molecular flexibility index (Phi) is 4.29. The highest BCUT2D eigenvalue weighted by atomic mass is 16.6. The van der Waals surface area contributed by atoms with Crippen molar-refractivity contribution >= 4 is 5.71 Å². The molecular formula is C20H20N4O. The molecule has 2 aromatic heterocycles. The third-order valence-corrected chi connectivity index (χ3v) is 4.39. The van der Waals surface area contributed by atoms with Crippen LogP contribution in [0.15, 0.2) is 66.2 Å². The average Bonchev–Trinajstić information content (AvgIpc) is 3.32. The summed E-state index contributed by atoms with van der Waals surface area (Å²) in [5.41, 5.74) is 5.42. The van der Waals surface area contributed by atoms with Crippen LogP contribution in [0.1, 0.15) is 19.8 Å². The fourth-order valence-electron chi connectivity index (χ4n) is 3.01. The van der Waals surface area contributed by atoms with Gasteiger partial charge in [0.05, 0.1) is 18.0 Å². The Hall–Kier alpha value is -2.95. The zero-order chi connectivity index (χ0) is 17.1. The Morgan fingerprint density at radius 3 is 2.80 bits per heavy atom. The second kappa shape index (κ2) is 6.89. The van der Waals surface area contributed by atoms with Gasteiger partial charge in [-0.05, 0) is 30.2 Å². The predicted octanol–water partition coefficient (Wildman–Crippen LogP) is 4.17. The lowest BCUT2D eigenvalue weighted by Crippen LogP contribution is -2.16. The second-order valence-electron chi connectivity index (χ2n) is 6.19. The molecule has 3 heterocycles. The number of benzene rings is 1. The molecule has 0 radical (unpaired) electrons. The lowest BCUT2D eigenvalue weighted by molar-refractivity contribution is 0.0698. The zero-order valence-corrected chi connectivity index (χ0v) is 14.2. The normalized spacial score (nSPS) is 16.5. The lowest BCUT2D eigenvalue weighted by Gasteiger charge is -2.08. The molecule has 1 aromatic carbocycles. The van der Waals surface area contributed by atoms with Crippen molar-refractivity contribution in [1.82, 2.24) is 14.8 Å². The largest absolute Gasteiger partial charge is 0.390 e. The smallest absolute Gasteiger partial charge is 0.152 e. The molecule has 1 atom stereocenters. The van der Waals surface area contributed by atoms with Crippen LogP contribution in [0.25, 0.3) is 22.4 Å². The van der Waals surface area contributed by atoms with E-state index in [1.54, 1.807) is 6.20 Å². The van der Waals surface area contributed by atoms with E-state index in [9.17, 15) is 0 Å². The molecule has 1 aliphatic rings. The summed E-state index contributed by atoms with van der Waals surface area (Å²) < 4.78 is 1.94. The SMILES string of the molecule is CCC1=NOC(Cn2ccc(-c3cccc(-c4cccnc4)c3)n2)C1. The highest BCUT2D eigenvalue weighted by Crippen LogP contribution is 2.25. The van der Waals surface area contributed by atoms with E-state index in [0.29, 0.717) is 0 Å². The summed E-state index contributed by atoms with van der Waals surface area (Å²) in [6.45, 7) is 2.82. The third kappa shape index (κ3) is 3.45. The number of hydrogen-bond donors (Lipinski definition) is 0. The molecule has 126 valence electrons. The van der Waals surface area contributed by atoms with E-state index in [4.69, 9.17) is 9.94 Å². The van der Waals surface area contributed by atoms with Crippen molar-refractivity contribution in [2.24, 2.45) is 5.16 Å². The molecule has 4 rings (SSSR count). The summed E-state index contributed by atoms with van der Waals surface area (Å²) in [5, 5.41) is 8.81. The third-order valence-electron chi connectivity index (χ3n) is 4.39. The number of nitrogens with zero attached hydrogens (tertiary/aromatic N) is 4. The molecule has 0 bridgehead atoms. The van der Waals surface area contributed by atoms with Gasteiger partial charge in [0.2, 0.25) is 0 Å². The van der Waals surface area contributed by atoms with E-state index in [-0.39, 0.29) is 6.10 Å². The summed E-state index contributed by atoms with van der Waals surface area (Å²) in [7, 11) is 0. The van der Waals surface area contributed by atoms with Crippen LogP contribution in [0.5, 0.6) is 0 Å². The van der Waals surface area contributed by atoms with Crippen molar-refractivity contribution in [2.75, 3.05) is 0 Å². The van der Waals surface area contributed by atoms with Gasteiger partial charge < -0.3 is 4.84 Å². The van der Waals surface area contributed by atoms with Gasteiger partial charge in [0.15, 0.2) is 6.10 Å². The fourth-order valence-corrected chi connectivity index (χ4v) is 3.01. The Labute approximate surface area is 147 Å². The highest BCUT2D eigenvalue weighted by Gasteiger charge is 2.20. The van der Waals surface area contributed by atoms with Crippen molar-refractivity contribution in [3.05, 3.63) is 61.1 Å². The van der Waals surface area contributed by atoms with Gasteiger partial charge in [-0.15, -0.1) is 0 Å². The molecule has 5 nitrogen and oxygen atoms in total. The van der Waals surface area contributed by atoms with Gasteiger partial charge in [0.25, 0.3) is 0 Å². The number of oxime groups is 1. The standard InChI is InChI=1S/C20H20N4O/c1-2-18-12-19(25-23-18)14-24-10-8-20(22-24)16-6-3-5-15(11-16)17-7-4-9-21-13-17/h3-11,13,19H,2,12,14H2,1H3. The minimum atomic E-state index is 0.0874. The van der Waals surface area contributed by atoms with Gasteiger partial charge in [0, 0.05) is 36.1 Å². The van der Waals surface area contributed by atoms with Crippen LogP contribution >= 0.6 is 0 Å². The molecule has 0 N–H and O–H groups in total. The van der Waals surface area contributed by atoms with Crippen molar-refractivity contribution < 1.29 is 4.84 Å². The summed E-state index contributed by atoms with van der Waals surface area (Å²) in [4.78, 5) is 9.67. The summed E-state index contributed by atoms with van der Waals surface area (Å²) in [6.07, 6.45) is 7.59. The molecule has 0 fully saturated rings. The van der Waals surface area contributed by atoms with E-state index < -0.39 is 0 Å². The minimum Gasteiger partial charge on any atom is -0.390 e. The van der Waals surface area contributed by atoms with Gasteiger partial charge in [-0.2, -0.15) is 5.10 Å². The summed E-state index contributed by atoms with van der Waals surface area (Å²) in [5.74, 6) is 0. The van der Waals surface area contributed by atoms with Crippen LogP contribution in [0.4, 0.5) is 0 Å². The molecule has 5 heteroatoms. The molecule has 3 aromatic rings. The van der Waals surface area contributed by atoms with Gasteiger partial charge in [-0.25, -0.2) is 0 Å². The van der Waals surface area contributed by atoms with E-state index >= 15 is 0 Å². The van der Waals surface area contributed by atoms with Gasteiger partial charge in [-0.3, -0.25) is 9.67 Å². The van der Waals surface area contributed by atoms with Crippen molar-refractivity contribution in [3.8, 4) is 22.4 Å². The Morgan fingerprint density at radius 1 is 1.12 bits per heavy atom. The molecular weight excluding hydrogens is 312 g/mol. The van der Waals surface area contributed by atoms with E-state index in [2.05, 4.69) is 47.4 Å². The number of pyridine rings is 1. The molecule has 0 saturated carbocycles. The van der Waals surface area contributed by atoms with Crippen LogP contribution in [-0.2, 0) is 11.4 Å². The summed E-state index contributed by atoms with van der Waals surface area (Å²) in [6, 6.07) is 14.4. The van der Waals surface area contributed by atoms with Crippen molar-refractivity contribution in [1.29, 1.82) is 0 Å². The van der Waals surface area contributed by atoms with Crippen LogP contribution < -0.4 is 0 Å². The van der Waals surface area contributed by atoms with E-state index in [0.717, 1.165) is 47.5 Å². The quantitative estimate of drug-likeness (QED) is 0.705. The number of rotatable bonds is 5. The van der Waals surface area contributed by atoms with Crippen molar-refractivity contribution in [2.45, 2.75) is 32.4 Å². The van der Waals surface area contributed by atoms with Crippen LogP contribution in [0, 0.1) is 0 Å². The highest BCUT2D eigenvalue weighted by molar-refractivity contribution is 5.85. The predicted molar refractivity (Wildman–Crippen MR) is 98.1 cm³/mol. The molecule has 1 unspecified atom stereocenters. The van der Waals surface area contributed by atoms with Crippen molar-refractivity contribution in [3.63, 3.8) is 0 Å².